The van der Waals surface area contributed by atoms with Crippen molar-refractivity contribution in [3.63, 3.8) is 0 Å². The van der Waals surface area contributed by atoms with Crippen molar-refractivity contribution in [2.75, 3.05) is 18.1 Å². The van der Waals surface area contributed by atoms with Crippen LogP contribution in [0.1, 0.15) is 44.6 Å². The van der Waals surface area contributed by atoms with Crippen molar-refractivity contribution < 1.29 is 34.2 Å². The molecule has 1 aliphatic heterocycles. The van der Waals surface area contributed by atoms with Gasteiger partial charge in [0.15, 0.2) is 0 Å². The Morgan fingerprint density at radius 2 is 1.74 bits per heavy atom. The van der Waals surface area contributed by atoms with Crippen LogP contribution in [-0.4, -0.2) is 76.0 Å². The van der Waals surface area contributed by atoms with E-state index in [0.29, 0.717) is 24.8 Å². The van der Waals surface area contributed by atoms with Crippen molar-refractivity contribution >= 4 is 51.2 Å². The summed E-state index contributed by atoms with van der Waals surface area (Å²) in [7, 11) is 2.41. The van der Waals surface area contributed by atoms with Gasteiger partial charge in [-0.15, -0.1) is 0 Å². The number of aliphatic carboxylic acids is 1. The van der Waals surface area contributed by atoms with Crippen LogP contribution in [0.2, 0.25) is 0 Å². The van der Waals surface area contributed by atoms with Crippen LogP contribution in [0.5, 0.6) is 5.75 Å². The molecule has 0 unspecified atom stereocenters. The highest BCUT2D eigenvalue weighted by Gasteiger charge is 2.42. The molecular formula is C25H34N4O7S2. The van der Waals surface area contributed by atoms with E-state index >= 15 is 0 Å². The molecule has 2 aliphatic rings. The largest absolute Gasteiger partial charge is 0.508 e. The maximum atomic E-state index is 13.2. The Morgan fingerprint density at radius 3 is 2.37 bits per heavy atom. The van der Waals surface area contributed by atoms with Gasteiger partial charge in [0.25, 0.3) is 0 Å². The lowest BCUT2D eigenvalue weighted by Gasteiger charge is -2.29. The van der Waals surface area contributed by atoms with Crippen LogP contribution in [0, 0.1) is 5.41 Å². The molecule has 2 fully saturated rings. The Labute approximate surface area is 229 Å². The first-order chi connectivity index (χ1) is 18.1. The molecule has 1 saturated carbocycles. The molecular weight excluding hydrogens is 532 g/mol. The van der Waals surface area contributed by atoms with Crippen molar-refractivity contribution in [3.8, 4) is 5.75 Å². The van der Waals surface area contributed by atoms with Gasteiger partial charge in [-0.3, -0.25) is 19.2 Å². The third kappa shape index (κ3) is 8.29. The Bertz CT molecular complexity index is 1030. The number of carboxylic acids is 1. The summed E-state index contributed by atoms with van der Waals surface area (Å²) in [6, 6.07) is 3.29. The van der Waals surface area contributed by atoms with Crippen molar-refractivity contribution in [1.82, 2.24) is 21.3 Å². The van der Waals surface area contributed by atoms with Gasteiger partial charge in [0.05, 0.1) is 5.41 Å². The maximum absolute atomic E-state index is 13.2. The molecule has 0 aromatic heterocycles. The number of carbonyl (C=O) groups is 5. The molecule has 1 saturated heterocycles. The van der Waals surface area contributed by atoms with Crippen molar-refractivity contribution in [1.29, 1.82) is 0 Å². The van der Waals surface area contributed by atoms with Crippen LogP contribution in [0.4, 0.5) is 0 Å². The van der Waals surface area contributed by atoms with Crippen LogP contribution < -0.4 is 21.3 Å². The highest BCUT2D eigenvalue weighted by Crippen LogP contribution is 2.41. The highest BCUT2D eigenvalue weighted by atomic mass is 33.1. The minimum Gasteiger partial charge on any atom is -0.508 e. The lowest BCUT2D eigenvalue weighted by atomic mass is 9.81. The van der Waals surface area contributed by atoms with E-state index in [1.54, 1.807) is 12.1 Å². The maximum Gasteiger partial charge on any atom is 0.327 e. The summed E-state index contributed by atoms with van der Waals surface area (Å²) in [5.74, 6) is -2.47. The number of benzene rings is 1. The van der Waals surface area contributed by atoms with Gasteiger partial charge in [-0.05, 0) is 37.0 Å². The fraction of sp³-hybridized carbons (Fsp3) is 0.560. The molecule has 0 bridgehead atoms. The molecule has 1 aliphatic carbocycles. The molecule has 1 aromatic carbocycles. The van der Waals surface area contributed by atoms with E-state index in [9.17, 15) is 34.2 Å². The van der Waals surface area contributed by atoms with Gasteiger partial charge in [0.1, 0.15) is 23.9 Å². The van der Waals surface area contributed by atoms with Crippen LogP contribution in [0.25, 0.3) is 0 Å². The number of nitrogens with one attached hydrogen (secondary N) is 4. The Balaban J connectivity index is 1.73. The van der Waals surface area contributed by atoms with E-state index in [4.69, 9.17) is 0 Å². The first kappa shape index (κ1) is 29.6. The van der Waals surface area contributed by atoms with Gasteiger partial charge < -0.3 is 31.5 Å². The number of phenols is 1. The fourth-order valence-electron chi connectivity index (χ4n) is 4.69. The van der Waals surface area contributed by atoms with Gasteiger partial charge in [0.2, 0.25) is 23.6 Å². The van der Waals surface area contributed by atoms with Crippen LogP contribution >= 0.6 is 21.6 Å². The van der Waals surface area contributed by atoms with Gasteiger partial charge in [0, 0.05) is 31.4 Å². The first-order valence-corrected chi connectivity index (χ1v) is 15.0. The SMILES string of the molecule is CC(=O)N[C@@H](Cc1ccc(O)cc1)C(=O)N[C@H]1CSSC[C@@H](C(=O)O)NC(=O)C2(CCCC2)CCNC1=O. The highest BCUT2D eigenvalue weighted by molar-refractivity contribution is 8.76. The average molecular weight is 567 g/mol. The Hall–Kier alpha value is -2.93. The lowest BCUT2D eigenvalue weighted by molar-refractivity contribution is -0.143. The van der Waals surface area contributed by atoms with Gasteiger partial charge in [-0.2, -0.15) is 0 Å². The molecule has 11 nitrogen and oxygen atoms in total. The zero-order chi connectivity index (χ0) is 27.7. The number of rotatable bonds is 6. The second kappa shape index (κ2) is 13.7. The molecule has 3 atom stereocenters. The van der Waals surface area contributed by atoms with Crippen LogP contribution in [-0.2, 0) is 30.4 Å². The molecule has 13 heteroatoms. The third-order valence-electron chi connectivity index (χ3n) is 6.80. The first-order valence-electron chi connectivity index (χ1n) is 12.5. The predicted molar refractivity (Wildman–Crippen MR) is 144 cm³/mol. The molecule has 3 rings (SSSR count). The second-order valence-corrected chi connectivity index (χ2v) is 12.2. The van der Waals surface area contributed by atoms with E-state index < -0.39 is 47.2 Å². The molecule has 38 heavy (non-hydrogen) atoms. The number of carboxylic acid groups (broad SMARTS) is 1. The zero-order valence-electron chi connectivity index (χ0n) is 21.2. The topological polar surface area (TPSA) is 174 Å². The van der Waals surface area contributed by atoms with Gasteiger partial charge in [-0.1, -0.05) is 46.6 Å². The standard InChI is InChI=1S/C25H34N4O7S2/c1-15(30)27-18(12-16-4-6-17(31)7-5-16)22(33)28-19-13-37-38-14-20(23(34)35)29-24(36)25(8-2-3-9-25)10-11-26-21(19)32/h4-7,18-20,31H,2-3,8-14H2,1H3,(H,26,32)(H,27,30)(H,28,33)(H,29,36)(H,34,35)/t18-,19-,20-/m0/s1. The minimum absolute atomic E-state index is 0.0749. The second-order valence-electron chi connectivity index (χ2n) is 9.65. The Morgan fingerprint density at radius 1 is 1.08 bits per heavy atom. The van der Waals surface area contributed by atoms with Crippen molar-refractivity contribution in [2.24, 2.45) is 5.41 Å². The van der Waals surface area contributed by atoms with Crippen LogP contribution in [0.15, 0.2) is 24.3 Å². The normalized spacial score (nSPS) is 23.1. The van der Waals surface area contributed by atoms with Gasteiger partial charge in [-0.25, -0.2) is 4.79 Å². The summed E-state index contributed by atoms with van der Waals surface area (Å²) in [4.78, 5) is 62.9. The number of hydrogen-bond acceptors (Lipinski definition) is 8. The molecule has 208 valence electrons. The number of carbonyl (C=O) groups excluding carboxylic acids is 4. The number of hydrogen-bond donors (Lipinski definition) is 6. The summed E-state index contributed by atoms with van der Waals surface area (Å²) < 4.78 is 0. The zero-order valence-corrected chi connectivity index (χ0v) is 22.8. The van der Waals surface area contributed by atoms with E-state index in [1.165, 1.54) is 40.6 Å². The fourth-order valence-corrected chi connectivity index (χ4v) is 7.01. The summed E-state index contributed by atoms with van der Waals surface area (Å²) in [6.45, 7) is 1.50. The third-order valence-corrected chi connectivity index (χ3v) is 9.23. The molecule has 4 amide bonds. The van der Waals surface area contributed by atoms with Crippen molar-refractivity contribution in [3.05, 3.63) is 29.8 Å². The summed E-state index contributed by atoms with van der Waals surface area (Å²) in [5, 5.41) is 30.0. The monoisotopic (exact) mass is 566 g/mol. The van der Waals surface area contributed by atoms with E-state index in [0.717, 1.165) is 12.8 Å². The lowest BCUT2D eigenvalue weighted by Crippen LogP contribution is -2.55. The molecule has 0 radical (unpaired) electrons. The number of phenolic OH excluding ortho intramolecular Hbond substituents is 1. The summed E-state index contributed by atoms with van der Waals surface area (Å²) in [6.07, 6.45) is 3.48. The van der Waals surface area contributed by atoms with Crippen LogP contribution in [0.3, 0.4) is 0 Å². The van der Waals surface area contributed by atoms with E-state index in [2.05, 4.69) is 21.3 Å². The molecule has 1 spiro atoms. The van der Waals surface area contributed by atoms with Gasteiger partial charge >= 0.3 is 5.97 Å². The number of amides is 4. The summed E-state index contributed by atoms with van der Waals surface area (Å²) in [5.41, 5.74) is -0.0218. The smallest absolute Gasteiger partial charge is 0.327 e. The predicted octanol–water partition coefficient (Wildman–Crippen LogP) is 0.955. The minimum atomic E-state index is -1.12. The molecule has 6 N–H and O–H groups in total. The number of aromatic hydroxyl groups is 1. The van der Waals surface area contributed by atoms with Crippen molar-refractivity contribution in [2.45, 2.75) is 63.6 Å². The van der Waals surface area contributed by atoms with E-state index in [1.807, 2.05) is 0 Å². The molecule has 1 heterocycles. The van der Waals surface area contributed by atoms with E-state index in [-0.39, 0.29) is 36.1 Å². The Kier molecular flexibility index (Phi) is 10.7. The quantitative estimate of drug-likeness (QED) is 0.274. The average Bonchev–Trinajstić information content (AvgIpc) is 3.35. The molecule has 1 aromatic rings. The summed E-state index contributed by atoms with van der Waals surface area (Å²) >= 11 is 0.